The Morgan fingerprint density at radius 3 is 2.52 bits per heavy atom. The molecule has 0 unspecified atom stereocenters. The van der Waals surface area contributed by atoms with E-state index in [1.165, 1.54) is 41.5 Å². The van der Waals surface area contributed by atoms with Gasteiger partial charge in [-0.05, 0) is 18.8 Å². The van der Waals surface area contributed by atoms with Gasteiger partial charge in [0.1, 0.15) is 0 Å². The Hall–Kier alpha value is -3.44. The summed E-state index contributed by atoms with van der Waals surface area (Å²) in [5, 5.41) is 3.66. The molecule has 0 aliphatic carbocycles. The average molecular weight is 528 g/mol. The average Bonchev–Trinajstić information content (AvgIpc) is 3.37. The van der Waals surface area contributed by atoms with Crippen LogP contribution in [0.2, 0.25) is 0 Å². The van der Waals surface area contributed by atoms with E-state index in [0.717, 1.165) is 47.7 Å². The van der Waals surface area contributed by atoms with Crippen molar-refractivity contribution >= 4 is 53.6 Å². The van der Waals surface area contributed by atoms with Crippen LogP contribution < -0.4 is 11.5 Å². The van der Waals surface area contributed by atoms with Crippen LogP contribution in [0.1, 0.15) is 62.0 Å². The van der Waals surface area contributed by atoms with E-state index in [4.69, 9.17) is 16.2 Å². The zero-order valence-corrected chi connectivity index (χ0v) is 24.2. The van der Waals surface area contributed by atoms with E-state index >= 15 is 0 Å². The molecule has 0 radical (unpaired) electrons. The second-order valence-corrected chi connectivity index (χ2v) is 10.6. The number of benzene rings is 2. The van der Waals surface area contributed by atoms with Crippen LogP contribution in [-0.2, 0) is 11.2 Å². The Balaban J connectivity index is 0.000000355. The predicted octanol–water partition coefficient (Wildman–Crippen LogP) is 5.79. The van der Waals surface area contributed by atoms with Crippen LogP contribution in [0.5, 0.6) is 0 Å². The summed E-state index contributed by atoms with van der Waals surface area (Å²) in [6.45, 7) is 14.2. The van der Waals surface area contributed by atoms with Gasteiger partial charge in [-0.15, -0.1) is 0 Å². The van der Waals surface area contributed by atoms with E-state index in [1.807, 2.05) is 32.1 Å². The topological polar surface area (TPSA) is 78.3 Å². The van der Waals surface area contributed by atoms with Gasteiger partial charge in [0.15, 0.2) is 0 Å². The van der Waals surface area contributed by atoms with Crippen molar-refractivity contribution in [3.63, 3.8) is 0 Å². The molecule has 0 amide bonds. The Bertz CT molecular complexity index is 1500. The zero-order valence-electron chi connectivity index (χ0n) is 24.2. The second kappa shape index (κ2) is 13.8. The molecule has 0 saturated carbocycles. The van der Waals surface area contributed by atoms with Crippen molar-refractivity contribution in [1.82, 2.24) is 0 Å². The molecule has 4 N–H and O–H groups in total. The number of nitrogens with two attached hydrogens (primary N) is 2. The summed E-state index contributed by atoms with van der Waals surface area (Å²) in [6.07, 6.45) is 5.40. The molecular weight excluding hydrogens is 489 g/mol. The molecule has 4 heterocycles. The number of ether oxygens (including phenoxy) is 1. The molecule has 40 heavy (non-hydrogen) atoms. The minimum atomic E-state index is -0.0293. The van der Waals surface area contributed by atoms with E-state index in [-0.39, 0.29) is 12.5 Å². The number of hydrogen-bond donors (Lipinski definition) is 2. The van der Waals surface area contributed by atoms with Crippen molar-refractivity contribution in [3.05, 3.63) is 100 Å². The fraction of sp³-hybridized carbons (Fsp3) is 0.303. The second-order valence-electron chi connectivity index (χ2n) is 10.6. The van der Waals surface area contributed by atoms with Crippen LogP contribution in [0.4, 0.5) is 5.69 Å². The summed E-state index contributed by atoms with van der Waals surface area (Å²) < 4.78 is 5.14. The quantitative estimate of drug-likeness (QED) is 0.256. The number of carbonyl (C=O) groups excluding carboxylic acids is 1. The molecule has 0 atom stereocenters. The van der Waals surface area contributed by atoms with Crippen molar-refractivity contribution in [2.75, 3.05) is 18.9 Å². The first-order valence-corrected chi connectivity index (χ1v) is 14.5. The van der Waals surface area contributed by atoms with Crippen LogP contribution >= 0.6 is 0 Å². The third kappa shape index (κ3) is 7.00. The van der Waals surface area contributed by atoms with Gasteiger partial charge < -0.3 is 4.74 Å². The fourth-order valence-electron chi connectivity index (χ4n) is 5.37. The smallest absolute Gasteiger partial charge is 0.0468 e. The number of carbonyl (C=O) groups is 1. The third-order valence-corrected chi connectivity index (χ3v) is 7.70. The molecule has 7 heteroatoms. The van der Waals surface area contributed by atoms with Gasteiger partial charge in [-0.1, -0.05) is 20.8 Å². The van der Waals surface area contributed by atoms with Crippen LogP contribution in [0, 0.1) is 5.92 Å². The number of allylic oxidation sites excluding steroid dienone is 4. The Morgan fingerprint density at radius 2 is 1.85 bits per heavy atom. The monoisotopic (exact) mass is 528 g/mol. The number of fused-ring (bicyclic) bond motifs is 2. The molecule has 3 aromatic rings. The van der Waals surface area contributed by atoms with E-state index in [1.54, 1.807) is 6.07 Å². The van der Waals surface area contributed by atoms with Crippen molar-refractivity contribution in [2.45, 2.75) is 47.0 Å². The molecule has 3 aliphatic rings. The molecule has 1 fully saturated rings. The van der Waals surface area contributed by atoms with Crippen LogP contribution in [0.3, 0.4) is 0 Å². The summed E-state index contributed by atoms with van der Waals surface area (Å²) in [4.78, 5) is 11.7. The largest absolute Gasteiger partial charge is 0.381 e. The molecule has 202 valence electrons. The van der Waals surface area contributed by atoms with E-state index < -0.39 is 0 Å². The maximum absolute atomic E-state index is 11.7. The molecular formula is C33H39B3N2O2. The molecule has 0 bridgehead atoms. The van der Waals surface area contributed by atoms with E-state index in [0.29, 0.717) is 11.3 Å². The van der Waals surface area contributed by atoms with E-state index in [2.05, 4.69) is 69.0 Å². The van der Waals surface area contributed by atoms with Gasteiger partial charge in [0.05, 0.1) is 0 Å². The normalized spacial score (nSPS) is 16.1. The molecule has 4 nitrogen and oxygen atoms in total. The third-order valence-electron chi connectivity index (χ3n) is 7.70. The summed E-state index contributed by atoms with van der Waals surface area (Å²) in [7, 11) is 0. The van der Waals surface area contributed by atoms with Gasteiger partial charge in [0, 0.05) is 13.2 Å². The molecule has 6 rings (SSSR count). The Morgan fingerprint density at radius 1 is 1.07 bits per heavy atom. The first-order valence-electron chi connectivity index (χ1n) is 14.5. The molecule has 1 saturated heterocycles. The van der Waals surface area contributed by atoms with Gasteiger partial charge in [-0.25, -0.2) is 0 Å². The number of hydrogen-bond acceptors (Lipinski definition) is 4. The predicted molar refractivity (Wildman–Crippen MR) is 175 cm³/mol. The maximum atomic E-state index is 11.7. The number of nitrogen functional groups attached to an aromatic ring is 1. The number of Topliss-reactive ketones (excluding diaryl/α,β-unsaturated/α-hetero) is 1. The number of ketones is 1. The summed E-state index contributed by atoms with van der Waals surface area (Å²) in [5.41, 5.74) is 19.0. The number of rotatable bonds is 4. The summed E-state index contributed by atoms with van der Waals surface area (Å²) >= 11 is 0. The molecule has 3 aliphatic heterocycles. The zero-order chi connectivity index (χ0) is 28.6. The van der Waals surface area contributed by atoms with Gasteiger partial charge in [0.2, 0.25) is 0 Å². The Labute approximate surface area is 240 Å². The fourth-order valence-corrected chi connectivity index (χ4v) is 5.37. The van der Waals surface area contributed by atoms with Crippen LogP contribution in [0.25, 0.3) is 16.2 Å². The van der Waals surface area contributed by atoms with Crippen molar-refractivity contribution in [2.24, 2.45) is 11.7 Å². The minimum absolute atomic E-state index is 0.0293. The SMILES string of the molecule is CC.CC(=O)c1ccc(C2=CB3C(=BC=C3Cc3ccc4bcccc4c3)C(N)=C2)cc1N.CC1CCOCC1. The van der Waals surface area contributed by atoms with Crippen LogP contribution in [0.15, 0.2) is 83.7 Å². The molecule has 0 spiro atoms. The van der Waals surface area contributed by atoms with E-state index in [9.17, 15) is 4.79 Å². The minimum Gasteiger partial charge on any atom is -0.381 e. The Kier molecular flexibility index (Phi) is 10.2. The first-order chi connectivity index (χ1) is 19.4. The number of anilines is 1. The summed E-state index contributed by atoms with van der Waals surface area (Å²) in [6, 6.07) is 16.5. The molecule has 1 aromatic heterocycles. The van der Waals surface area contributed by atoms with Crippen molar-refractivity contribution in [1.29, 1.82) is 0 Å². The maximum Gasteiger partial charge on any atom is 0.0468 e. The summed E-state index contributed by atoms with van der Waals surface area (Å²) in [5.74, 6) is 7.40. The van der Waals surface area contributed by atoms with Gasteiger partial charge >= 0.3 is 184 Å². The first kappa shape index (κ1) is 29.5. The van der Waals surface area contributed by atoms with Crippen molar-refractivity contribution in [3.8, 4) is 0 Å². The van der Waals surface area contributed by atoms with Gasteiger partial charge in [-0.2, -0.15) is 0 Å². The standard InChI is InChI=1S/C25H21B3N2O.C6H12O.C2H6/c1-15(31)21-6-5-17(11-23(21)29)19-12-24(30)25-27-13-20(28(25)14-19)10-16-4-7-22-18(9-16)3-2-8-26-22;1-6-2-4-7-5-3-6;1-2/h2-9,11-14H,10,29-30H2,1H3;6H,2-5H2,1H3;1-2H3. The van der Waals surface area contributed by atoms with Crippen molar-refractivity contribution < 1.29 is 9.53 Å². The van der Waals surface area contributed by atoms with Gasteiger partial charge in [0.25, 0.3) is 0 Å². The molecule has 2 aromatic carbocycles. The van der Waals surface area contributed by atoms with Gasteiger partial charge in [-0.3, -0.25) is 0 Å². The van der Waals surface area contributed by atoms with Crippen LogP contribution in [-0.4, -0.2) is 44.9 Å².